The van der Waals surface area contributed by atoms with Gasteiger partial charge in [0.05, 0.1) is 12.5 Å². The fourth-order valence-corrected chi connectivity index (χ4v) is 11.8. The number of aliphatic carboxylic acids is 2. The average Bonchev–Trinajstić information content (AvgIpc) is 3.32. The quantitative estimate of drug-likeness (QED) is 0.0350. The smallest absolute Gasteiger partial charge is 0.337 e. The van der Waals surface area contributed by atoms with Crippen molar-refractivity contribution in [2.75, 3.05) is 0 Å². The lowest BCUT2D eigenvalue weighted by atomic mass is 9.52. The van der Waals surface area contributed by atoms with Crippen molar-refractivity contribution < 1.29 is 38.9 Å². The molecule has 0 fully saturated rings. The van der Waals surface area contributed by atoms with Crippen LogP contribution in [-0.4, -0.2) is 45.8 Å². The van der Waals surface area contributed by atoms with E-state index in [4.69, 9.17) is 9.47 Å². The van der Waals surface area contributed by atoms with Crippen molar-refractivity contribution in [2.24, 2.45) is 17.3 Å². The van der Waals surface area contributed by atoms with E-state index in [1.807, 2.05) is 0 Å². The number of carbonyl (C=O) groups excluding carboxylic acids is 2. The van der Waals surface area contributed by atoms with Crippen LogP contribution in [0.25, 0.3) is 0 Å². The Morgan fingerprint density at radius 3 is 0.843 bits per heavy atom. The highest BCUT2D eigenvalue weighted by atomic mass is 16.6. The molecule has 8 heteroatoms. The first-order chi connectivity index (χ1) is 34.0. The zero-order chi connectivity index (χ0) is 52.0. The first-order valence-corrected chi connectivity index (χ1v) is 30.8. The first-order valence-electron chi connectivity index (χ1n) is 30.8. The van der Waals surface area contributed by atoms with Crippen LogP contribution in [0.5, 0.6) is 0 Å². The highest BCUT2D eigenvalue weighted by Crippen LogP contribution is 2.57. The molecule has 0 aromatic rings. The third-order valence-electron chi connectivity index (χ3n) is 15.8. The van der Waals surface area contributed by atoms with Gasteiger partial charge in [0.15, 0.2) is 5.60 Å². The Morgan fingerprint density at radius 2 is 0.614 bits per heavy atom. The van der Waals surface area contributed by atoms with Gasteiger partial charge in [0.2, 0.25) is 0 Å². The van der Waals surface area contributed by atoms with Gasteiger partial charge in [-0.25, -0.2) is 4.79 Å². The summed E-state index contributed by atoms with van der Waals surface area (Å²) in [5, 5.41) is 23.4. The third kappa shape index (κ3) is 30.3. The minimum Gasteiger partial charge on any atom is -0.481 e. The van der Waals surface area contributed by atoms with Crippen molar-refractivity contribution in [3.63, 3.8) is 0 Å². The normalized spacial score (nSPS) is 14.7. The van der Waals surface area contributed by atoms with Crippen LogP contribution >= 0.6 is 0 Å². The van der Waals surface area contributed by atoms with Crippen LogP contribution in [0.3, 0.4) is 0 Å². The van der Waals surface area contributed by atoms with Gasteiger partial charge in [0.1, 0.15) is 5.41 Å². The van der Waals surface area contributed by atoms with Gasteiger partial charge >= 0.3 is 23.9 Å². The number of hydrogen-bond acceptors (Lipinski definition) is 6. The lowest BCUT2D eigenvalue weighted by Gasteiger charge is -2.54. The zero-order valence-electron chi connectivity index (χ0n) is 47.6. The molecule has 414 valence electrons. The highest BCUT2D eigenvalue weighted by Gasteiger charge is 2.70. The maximum absolute atomic E-state index is 16.0. The van der Waals surface area contributed by atoms with Gasteiger partial charge in [-0.2, -0.15) is 0 Å². The van der Waals surface area contributed by atoms with Gasteiger partial charge < -0.3 is 19.7 Å². The molecule has 0 spiro atoms. The van der Waals surface area contributed by atoms with Gasteiger partial charge in [0.25, 0.3) is 0 Å². The van der Waals surface area contributed by atoms with Crippen LogP contribution < -0.4 is 0 Å². The van der Waals surface area contributed by atoms with Gasteiger partial charge in [-0.3, -0.25) is 14.4 Å². The molecule has 2 N–H and O–H groups in total. The van der Waals surface area contributed by atoms with Crippen molar-refractivity contribution in [3.8, 4) is 0 Å². The molecule has 4 unspecified atom stereocenters. The van der Waals surface area contributed by atoms with Crippen LogP contribution in [-0.2, 0) is 28.7 Å². The SMILES string of the molecule is CCCCCCCCCC(CCCCCCCC)OC(CC(=O)O)(C(=O)O)C(C(=O)OC(C)=O)(C(CCCCCCCC)CCCCCCCCC)C(CCCCCCCC)CCCCCCCCC. The van der Waals surface area contributed by atoms with E-state index in [9.17, 15) is 19.8 Å². The number of unbranched alkanes of at least 4 members (excludes halogenated alkanes) is 33. The molecule has 0 rings (SSSR count). The molecule has 0 bridgehead atoms. The van der Waals surface area contributed by atoms with Crippen molar-refractivity contribution in [1.82, 2.24) is 0 Å². The second kappa shape index (κ2) is 46.8. The molecule has 0 heterocycles. The predicted molar refractivity (Wildman–Crippen MR) is 295 cm³/mol. The molecule has 0 saturated carbocycles. The second-order valence-corrected chi connectivity index (χ2v) is 22.0. The molecule has 0 aliphatic rings. The van der Waals surface area contributed by atoms with Crippen LogP contribution in [0.4, 0.5) is 0 Å². The Morgan fingerprint density at radius 1 is 0.371 bits per heavy atom. The van der Waals surface area contributed by atoms with Crippen molar-refractivity contribution in [2.45, 2.75) is 356 Å². The van der Waals surface area contributed by atoms with E-state index in [-0.39, 0.29) is 0 Å². The standard InChI is InChI=1S/C62H118O8/c1-8-14-20-26-32-37-43-49-55(47-41-35-29-23-17-11-4)62(60(68)69-54(7)63,56(48-42-36-30-24-18-12-5)50-44-38-33-27-21-15-9-2)61(59(66)67,53-58(64)65)70-57(51-45-39-31-25-19-13-6)52-46-40-34-28-22-16-10-3/h55-57H,8-53H2,1-7H3,(H,64,65)(H,66,67). The maximum Gasteiger partial charge on any atom is 0.337 e. The second-order valence-electron chi connectivity index (χ2n) is 22.0. The van der Waals surface area contributed by atoms with Crippen LogP contribution in [0.15, 0.2) is 0 Å². The van der Waals surface area contributed by atoms with E-state index in [2.05, 4.69) is 41.5 Å². The molecule has 0 aliphatic heterocycles. The van der Waals surface area contributed by atoms with Crippen molar-refractivity contribution >= 4 is 23.9 Å². The predicted octanol–water partition coefficient (Wildman–Crippen LogP) is 19.7. The fraction of sp³-hybridized carbons (Fsp3) is 0.935. The lowest BCUT2D eigenvalue weighted by Crippen LogP contribution is -2.68. The Labute approximate surface area is 433 Å². The molecule has 0 saturated heterocycles. The fourth-order valence-electron chi connectivity index (χ4n) is 11.8. The summed E-state index contributed by atoms with van der Waals surface area (Å²) >= 11 is 0. The summed E-state index contributed by atoms with van der Waals surface area (Å²) in [6, 6.07) is 0. The molecular weight excluding hydrogens is 873 g/mol. The van der Waals surface area contributed by atoms with Crippen LogP contribution in [0, 0.1) is 17.3 Å². The molecule has 70 heavy (non-hydrogen) atoms. The Hall–Kier alpha value is -1.96. The number of rotatable bonds is 54. The molecule has 0 radical (unpaired) electrons. The zero-order valence-corrected chi connectivity index (χ0v) is 47.6. The molecular formula is C62H118O8. The first kappa shape index (κ1) is 68.0. The number of carboxylic acid groups (broad SMARTS) is 2. The third-order valence-corrected chi connectivity index (χ3v) is 15.8. The summed E-state index contributed by atoms with van der Waals surface area (Å²) < 4.78 is 13.3. The summed E-state index contributed by atoms with van der Waals surface area (Å²) in [6.45, 7) is 14.5. The number of hydrogen-bond donors (Lipinski definition) is 2. The van der Waals surface area contributed by atoms with E-state index in [1.165, 1.54) is 71.1 Å². The molecule has 4 atom stereocenters. The molecule has 0 aliphatic carbocycles. The van der Waals surface area contributed by atoms with Crippen LogP contribution in [0.1, 0.15) is 344 Å². The van der Waals surface area contributed by atoms with Gasteiger partial charge in [-0.15, -0.1) is 0 Å². The van der Waals surface area contributed by atoms with Gasteiger partial charge in [0, 0.05) is 6.92 Å². The largest absolute Gasteiger partial charge is 0.481 e. The summed E-state index contributed by atoms with van der Waals surface area (Å²) in [5.74, 6) is -5.39. The molecule has 0 aromatic carbocycles. The minimum atomic E-state index is -2.44. The molecule has 0 amide bonds. The van der Waals surface area contributed by atoms with Gasteiger partial charge in [-0.1, -0.05) is 292 Å². The number of esters is 2. The lowest BCUT2D eigenvalue weighted by molar-refractivity contribution is -0.239. The average molecular weight is 992 g/mol. The summed E-state index contributed by atoms with van der Waals surface area (Å²) in [5.41, 5.74) is -4.35. The topological polar surface area (TPSA) is 127 Å². The van der Waals surface area contributed by atoms with Crippen molar-refractivity contribution in [3.05, 3.63) is 0 Å². The van der Waals surface area contributed by atoms with Crippen molar-refractivity contribution in [1.29, 1.82) is 0 Å². The monoisotopic (exact) mass is 991 g/mol. The van der Waals surface area contributed by atoms with Gasteiger partial charge in [-0.05, 0) is 50.4 Å². The Kier molecular flexibility index (Phi) is 45.5. The number of ether oxygens (including phenoxy) is 2. The number of carbonyl (C=O) groups is 4. The highest BCUT2D eigenvalue weighted by molar-refractivity contribution is 5.97. The Balaban J connectivity index is 8.31. The molecule has 0 aromatic heterocycles. The van der Waals surface area contributed by atoms with E-state index in [0.29, 0.717) is 38.5 Å². The summed E-state index contributed by atoms with van der Waals surface area (Å²) in [4.78, 5) is 58.1. The summed E-state index contributed by atoms with van der Waals surface area (Å²) in [7, 11) is 0. The van der Waals surface area contributed by atoms with E-state index in [1.54, 1.807) is 0 Å². The number of carboxylic acids is 2. The summed E-state index contributed by atoms with van der Waals surface area (Å²) in [6.07, 6.45) is 43.5. The van der Waals surface area contributed by atoms with E-state index < -0.39 is 59.3 Å². The van der Waals surface area contributed by atoms with E-state index in [0.717, 1.165) is 186 Å². The van der Waals surface area contributed by atoms with E-state index >= 15 is 9.59 Å². The Bertz CT molecular complexity index is 1200. The van der Waals surface area contributed by atoms with Crippen LogP contribution in [0.2, 0.25) is 0 Å². The molecule has 8 nitrogen and oxygen atoms in total. The minimum absolute atomic E-state index is 0.542. The maximum atomic E-state index is 16.0.